The highest BCUT2D eigenvalue weighted by Gasteiger charge is 2.22. The molecule has 0 radical (unpaired) electrons. The lowest BCUT2D eigenvalue weighted by Crippen LogP contribution is -2.31. The molecule has 0 fully saturated rings. The third kappa shape index (κ3) is 5.44. The fourth-order valence-corrected chi connectivity index (χ4v) is 4.53. The predicted molar refractivity (Wildman–Crippen MR) is 90.6 cm³/mol. The Morgan fingerprint density at radius 3 is 2.10 bits per heavy atom. The molecule has 0 aliphatic heterocycles. The van der Waals surface area contributed by atoms with Crippen LogP contribution >= 0.6 is 0 Å². The topological polar surface area (TPSA) is 46.2 Å². The lowest BCUT2D eigenvalue weighted by molar-refractivity contribution is 0.543. The van der Waals surface area contributed by atoms with E-state index in [-0.39, 0.29) is 17.5 Å². The molecule has 1 atom stereocenters. The van der Waals surface area contributed by atoms with Gasteiger partial charge in [0.25, 0.3) is 0 Å². The highest BCUT2D eigenvalue weighted by Crippen LogP contribution is 2.25. The van der Waals surface area contributed by atoms with Crippen LogP contribution in [0.4, 0.5) is 0 Å². The van der Waals surface area contributed by atoms with E-state index >= 15 is 0 Å². The van der Waals surface area contributed by atoms with Gasteiger partial charge < -0.3 is 5.32 Å². The van der Waals surface area contributed by atoms with Crippen molar-refractivity contribution in [1.82, 2.24) is 5.32 Å². The quantitative estimate of drug-likeness (QED) is 0.799. The van der Waals surface area contributed by atoms with Crippen molar-refractivity contribution in [3.8, 4) is 0 Å². The molecular weight excluding hydrogens is 282 g/mol. The van der Waals surface area contributed by atoms with E-state index < -0.39 is 9.84 Å². The molecule has 1 aromatic rings. The number of nitrogens with one attached hydrogen (secondary N) is 1. The van der Waals surface area contributed by atoms with Crippen LogP contribution in [0.15, 0.2) is 12.1 Å². The molecule has 0 saturated heterocycles. The van der Waals surface area contributed by atoms with Gasteiger partial charge in [0, 0.05) is 11.8 Å². The maximum absolute atomic E-state index is 12.2. The molecule has 21 heavy (non-hydrogen) atoms. The van der Waals surface area contributed by atoms with Gasteiger partial charge in [0.15, 0.2) is 9.84 Å². The Hall–Kier alpha value is -0.870. The molecule has 0 aliphatic rings. The summed E-state index contributed by atoms with van der Waals surface area (Å²) in [5.74, 6) is 0.451. The number of sulfone groups is 1. The smallest absolute Gasteiger partial charge is 0.152 e. The largest absolute Gasteiger partial charge is 0.309 e. The van der Waals surface area contributed by atoms with E-state index in [9.17, 15) is 8.42 Å². The molecular formula is C17H29NO2S. The molecule has 1 N–H and O–H groups in total. The minimum atomic E-state index is -3.02. The van der Waals surface area contributed by atoms with Crippen molar-refractivity contribution in [2.45, 2.75) is 53.5 Å². The number of benzene rings is 1. The van der Waals surface area contributed by atoms with E-state index in [0.717, 1.165) is 18.5 Å². The summed E-state index contributed by atoms with van der Waals surface area (Å²) in [5.41, 5.74) is 4.72. The van der Waals surface area contributed by atoms with Gasteiger partial charge in [-0.1, -0.05) is 31.5 Å². The summed E-state index contributed by atoms with van der Waals surface area (Å²) in [6, 6.07) is 4.16. The van der Waals surface area contributed by atoms with Crippen molar-refractivity contribution in [2.75, 3.05) is 18.1 Å². The highest BCUT2D eigenvalue weighted by atomic mass is 32.2. The number of aryl methyl sites for hydroxylation is 3. The molecule has 1 unspecified atom stereocenters. The van der Waals surface area contributed by atoms with Crippen molar-refractivity contribution < 1.29 is 8.42 Å². The third-order valence-corrected chi connectivity index (χ3v) is 5.53. The SMILES string of the molecule is CCCNC(CS(=O)(=O)CCC)c1c(C)cc(C)cc1C. The summed E-state index contributed by atoms with van der Waals surface area (Å²) in [7, 11) is -3.02. The van der Waals surface area contributed by atoms with Gasteiger partial charge in [-0.3, -0.25) is 0 Å². The van der Waals surface area contributed by atoms with Gasteiger partial charge in [-0.15, -0.1) is 0 Å². The van der Waals surface area contributed by atoms with E-state index in [1.807, 2.05) is 6.92 Å². The summed E-state index contributed by atoms with van der Waals surface area (Å²) < 4.78 is 24.5. The molecule has 4 heteroatoms. The van der Waals surface area contributed by atoms with Crippen LogP contribution in [0, 0.1) is 20.8 Å². The van der Waals surface area contributed by atoms with Gasteiger partial charge in [-0.2, -0.15) is 0 Å². The molecule has 0 heterocycles. The normalized spacial score (nSPS) is 13.4. The Morgan fingerprint density at radius 2 is 1.62 bits per heavy atom. The predicted octanol–water partition coefficient (Wildman–Crippen LogP) is 3.48. The Kier molecular flexibility index (Phi) is 6.88. The molecule has 0 aromatic heterocycles. The first-order chi connectivity index (χ1) is 9.80. The van der Waals surface area contributed by atoms with E-state index in [1.165, 1.54) is 16.7 Å². The first-order valence-electron chi connectivity index (χ1n) is 7.82. The zero-order chi connectivity index (χ0) is 16.0. The first-order valence-corrected chi connectivity index (χ1v) is 9.64. The maximum Gasteiger partial charge on any atom is 0.152 e. The average Bonchev–Trinajstić information content (AvgIpc) is 2.33. The number of rotatable bonds is 8. The van der Waals surface area contributed by atoms with Crippen molar-refractivity contribution in [3.05, 3.63) is 34.4 Å². The lowest BCUT2D eigenvalue weighted by Gasteiger charge is -2.23. The van der Waals surface area contributed by atoms with Crippen molar-refractivity contribution >= 4 is 9.84 Å². The van der Waals surface area contributed by atoms with Crippen molar-refractivity contribution in [1.29, 1.82) is 0 Å². The summed E-state index contributed by atoms with van der Waals surface area (Å²) in [6.45, 7) is 11.1. The van der Waals surface area contributed by atoms with E-state index in [1.54, 1.807) is 0 Å². The van der Waals surface area contributed by atoms with E-state index in [0.29, 0.717) is 6.42 Å². The van der Waals surface area contributed by atoms with Crippen LogP contribution in [-0.2, 0) is 9.84 Å². The van der Waals surface area contributed by atoms with Gasteiger partial charge >= 0.3 is 0 Å². The van der Waals surface area contributed by atoms with Crippen LogP contribution in [0.3, 0.4) is 0 Å². The number of hydrogen-bond acceptors (Lipinski definition) is 3. The monoisotopic (exact) mass is 311 g/mol. The van der Waals surface area contributed by atoms with Gasteiger partial charge in [-0.05, 0) is 56.8 Å². The van der Waals surface area contributed by atoms with E-state index in [2.05, 4.69) is 45.1 Å². The molecule has 0 amide bonds. The summed E-state index contributed by atoms with van der Waals surface area (Å²) in [4.78, 5) is 0. The maximum atomic E-state index is 12.2. The summed E-state index contributed by atoms with van der Waals surface area (Å²) in [5, 5.41) is 3.42. The Labute approximate surface area is 130 Å². The van der Waals surface area contributed by atoms with Crippen LogP contribution in [0.25, 0.3) is 0 Å². The minimum Gasteiger partial charge on any atom is -0.309 e. The standard InChI is InChI=1S/C17H29NO2S/c1-6-8-18-16(12-21(19,20)9-7-2)17-14(4)10-13(3)11-15(17)5/h10-11,16,18H,6-9,12H2,1-5H3. The molecule has 0 bridgehead atoms. The van der Waals surface area contributed by atoms with Crippen molar-refractivity contribution in [2.24, 2.45) is 0 Å². The Bertz CT molecular complexity index is 541. The van der Waals surface area contributed by atoms with Crippen LogP contribution in [0.2, 0.25) is 0 Å². The van der Waals surface area contributed by atoms with Crippen LogP contribution < -0.4 is 5.32 Å². The summed E-state index contributed by atoms with van der Waals surface area (Å²) >= 11 is 0. The lowest BCUT2D eigenvalue weighted by atomic mass is 9.95. The summed E-state index contributed by atoms with van der Waals surface area (Å²) in [6.07, 6.45) is 1.67. The molecule has 1 aromatic carbocycles. The molecule has 120 valence electrons. The van der Waals surface area contributed by atoms with Gasteiger partial charge in [0.1, 0.15) is 0 Å². The second-order valence-corrected chi connectivity index (χ2v) is 8.16. The van der Waals surface area contributed by atoms with Gasteiger partial charge in [-0.25, -0.2) is 8.42 Å². The zero-order valence-corrected chi connectivity index (χ0v) is 14.8. The molecule has 0 aliphatic carbocycles. The molecule has 0 saturated carbocycles. The average molecular weight is 311 g/mol. The second-order valence-electron chi connectivity index (χ2n) is 5.93. The van der Waals surface area contributed by atoms with Gasteiger partial charge in [0.05, 0.1) is 5.75 Å². The van der Waals surface area contributed by atoms with Crippen LogP contribution in [-0.4, -0.2) is 26.5 Å². The first kappa shape index (κ1) is 18.2. The van der Waals surface area contributed by atoms with Crippen LogP contribution in [0.1, 0.15) is 55.0 Å². The molecule has 0 spiro atoms. The fraction of sp³-hybridized carbons (Fsp3) is 0.647. The third-order valence-electron chi connectivity index (χ3n) is 3.66. The second kappa shape index (κ2) is 7.95. The highest BCUT2D eigenvalue weighted by molar-refractivity contribution is 7.91. The minimum absolute atomic E-state index is 0.109. The zero-order valence-electron chi connectivity index (χ0n) is 14.0. The fourth-order valence-electron chi connectivity index (χ4n) is 2.95. The Morgan fingerprint density at radius 1 is 1.05 bits per heavy atom. The van der Waals surface area contributed by atoms with Gasteiger partial charge in [0.2, 0.25) is 0 Å². The number of hydrogen-bond donors (Lipinski definition) is 1. The Balaban J connectivity index is 3.14. The molecule has 3 nitrogen and oxygen atoms in total. The van der Waals surface area contributed by atoms with Crippen LogP contribution in [0.5, 0.6) is 0 Å². The van der Waals surface area contributed by atoms with E-state index in [4.69, 9.17) is 0 Å². The van der Waals surface area contributed by atoms with Crippen molar-refractivity contribution in [3.63, 3.8) is 0 Å². The molecule has 1 rings (SSSR count).